The third kappa shape index (κ3) is 28.7. The van der Waals surface area contributed by atoms with E-state index in [-0.39, 0.29) is 12.5 Å². The van der Waals surface area contributed by atoms with E-state index in [1.165, 1.54) is 148 Å². The second kappa shape index (κ2) is 32.6. The normalized spacial score (nSPS) is 13.2. The lowest BCUT2D eigenvalue weighted by atomic mass is 10.0. The molecule has 0 rings (SSSR count). The molecule has 0 aliphatic rings. The zero-order chi connectivity index (χ0) is 29.4. The van der Waals surface area contributed by atoms with Crippen molar-refractivity contribution in [1.82, 2.24) is 5.32 Å². The van der Waals surface area contributed by atoms with Crippen molar-refractivity contribution in [3.8, 4) is 0 Å². The van der Waals surface area contributed by atoms with Gasteiger partial charge in [0.1, 0.15) is 0 Å². The largest absolute Gasteiger partial charge is 0.394 e. The number of rotatable bonds is 32. The highest BCUT2D eigenvalue weighted by Gasteiger charge is 2.17. The van der Waals surface area contributed by atoms with Crippen LogP contribution >= 0.6 is 0 Å². The summed E-state index contributed by atoms with van der Waals surface area (Å²) in [5.41, 5.74) is 0. The smallest absolute Gasteiger partial charge is 0.220 e. The van der Waals surface area contributed by atoms with Gasteiger partial charge in [-0.25, -0.2) is 0 Å². The van der Waals surface area contributed by atoms with Crippen LogP contribution in [0.4, 0.5) is 0 Å². The average molecular weight is 566 g/mol. The molecule has 4 nitrogen and oxygen atoms in total. The van der Waals surface area contributed by atoms with Crippen LogP contribution in [0.15, 0.2) is 12.2 Å². The van der Waals surface area contributed by atoms with Crippen molar-refractivity contribution in [2.24, 2.45) is 0 Å². The molecule has 0 aromatic rings. The van der Waals surface area contributed by atoms with Crippen LogP contribution in [0, 0.1) is 0 Å². The molecule has 0 heterocycles. The number of amides is 1. The molecular weight excluding hydrogens is 494 g/mol. The molecule has 40 heavy (non-hydrogen) atoms. The molecule has 0 aromatic heterocycles. The quantitative estimate of drug-likeness (QED) is 0.0561. The summed E-state index contributed by atoms with van der Waals surface area (Å²) < 4.78 is 0. The molecule has 0 aromatic carbocycles. The Morgan fingerprint density at radius 1 is 0.575 bits per heavy atom. The van der Waals surface area contributed by atoms with Crippen LogP contribution in [-0.4, -0.2) is 34.9 Å². The van der Waals surface area contributed by atoms with E-state index in [2.05, 4.69) is 19.2 Å². The van der Waals surface area contributed by atoms with Gasteiger partial charge < -0.3 is 15.5 Å². The lowest BCUT2D eigenvalue weighted by Gasteiger charge is -2.20. The standard InChI is InChI=1S/C36H71NO3/c1-3-5-7-9-11-13-15-17-18-20-21-23-25-27-29-31-35(39)34(33-38)37-36(40)32-30-28-26-24-22-19-16-14-12-10-8-6-4-2/h29,31,34-35,38-39H,3-28,30,32-33H2,1-2H3,(H,37,40)/b31-29+. The topological polar surface area (TPSA) is 69.6 Å². The van der Waals surface area contributed by atoms with E-state index < -0.39 is 12.1 Å². The number of unbranched alkanes of at least 4 members (excludes halogenated alkanes) is 25. The molecule has 0 saturated heterocycles. The van der Waals surface area contributed by atoms with E-state index in [1.54, 1.807) is 6.08 Å². The Bertz CT molecular complexity index is 536. The average Bonchev–Trinajstić information content (AvgIpc) is 2.96. The predicted octanol–water partition coefficient (Wildman–Crippen LogP) is 10.3. The number of carbonyl (C=O) groups excluding carboxylic acids is 1. The van der Waals surface area contributed by atoms with Gasteiger partial charge in [0.25, 0.3) is 0 Å². The van der Waals surface area contributed by atoms with E-state index >= 15 is 0 Å². The van der Waals surface area contributed by atoms with Gasteiger partial charge in [0.05, 0.1) is 18.8 Å². The predicted molar refractivity (Wildman–Crippen MR) is 175 cm³/mol. The maximum Gasteiger partial charge on any atom is 0.220 e. The van der Waals surface area contributed by atoms with Gasteiger partial charge in [0.15, 0.2) is 0 Å². The van der Waals surface area contributed by atoms with Crippen molar-refractivity contribution < 1.29 is 15.0 Å². The lowest BCUT2D eigenvalue weighted by Crippen LogP contribution is -2.45. The first-order chi connectivity index (χ1) is 19.7. The number of hydrogen-bond donors (Lipinski definition) is 3. The summed E-state index contributed by atoms with van der Waals surface area (Å²) in [5.74, 6) is -0.0638. The zero-order valence-electron chi connectivity index (χ0n) is 27.1. The minimum Gasteiger partial charge on any atom is -0.394 e. The van der Waals surface area contributed by atoms with E-state index in [0.717, 1.165) is 25.7 Å². The molecule has 0 spiro atoms. The van der Waals surface area contributed by atoms with Gasteiger partial charge in [-0.3, -0.25) is 4.79 Å². The summed E-state index contributed by atoms with van der Waals surface area (Å²) in [7, 11) is 0. The van der Waals surface area contributed by atoms with Crippen LogP contribution < -0.4 is 5.32 Å². The molecule has 0 aliphatic heterocycles. The first-order valence-corrected chi connectivity index (χ1v) is 17.9. The molecule has 238 valence electrons. The maximum atomic E-state index is 12.3. The number of carbonyl (C=O) groups is 1. The fraction of sp³-hybridized carbons (Fsp3) is 0.917. The molecule has 2 atom stereocenters. The first kappa shape index (κ1) is 39.1. The highest BCUT2D eigenvalue weighted by molar-refractivity contribution is 5.76. The van der Waals surface area contributed by atoms with E-state index in [1.807, 2.05) is 6.08 Å². The molecule has 0 aliphatic carbocycles. The summed E-state index contributed by atoms with van der Waals surface area (Å²) in [4.78, 5) is 12.3. The van der Waals surface area contributed by atoms with Crippen molar-refractivity contribution in [2.45, 2.75) is 206 Å². The maximum absolute atomic E-state index is 12.3. The number of allylic oxidation sites excluding steroid dienone is 1. The van der Waals surface area contributed by atoms with Crippen molar-refractivity contribution in [2.75, 3.05) is 6.61 Å². The lowest BCUT2D eigenvalue weighted by molar-refractivity contribution is -0.123. The zero-order valence-corrected chi connectivity index (χ0v) is 27.1. The molecule has 0 radical (unpaired) electrons. The van der Waals surface area contributed by atoms with Gasteiger partial charge in [0, 0.05) is 6.42 Å². The molecule has 2 unspecified atom stereocenters. The summed E-state index contributed by atoms with van der Waals surface area (Å²) in [5, 5.41) is 22.9. The Morgan fingerprint density at radius 2 is 0.925 bits per heavy atom. The van der Waals surface area contributed by atoms with Gasteiger partial charge in [-0.2, -0.15) is 0 Å². The van der Waals surface area contributed by atoms with Gasteiger partial charge in [-0.15, -0.1) is 0 Å². The fourth-order valence-corrected chi connectivity index (χ4v) is 5.47. The molecule has 0 bridgehead atoms. The Kier molecular flexibility index (Phi) is 31.9. The molecule has 0 saturated carbocycles. The number of hydrogen-bond acceptors (Lipinski definition) is 3. The van der Waals surface area contributed by atoms with Crippen molar-refractivity contribution in [1.29, 1.82) is 0 Å². The van der Waals surface area contributed by atoms with Crippen molar-refractivity contribution in [3.05, 3.63) is 12.2 Å². The van der Waals surface area contributed by atoms with Gasteiger partial charge >= 0.3 is 0 Å². The summed E-state index contributed by atoms with van der Waals surface area (Å²) in [6.07, 6.45) is 38.6. The van der Waals surface area contributed by atoms with Crippen molar-refractivity contribution >= 4 is 5.91 Å². The molecule has 1 amide bonds. The Morgan fingerprint density at radius 3 is 1.30 bits per heavy atom. The van der Waals surface area contributed by atoms with Crippen molar-refractivity contribution in [3.63, 3.8) is 0 Å². The summed E-state index contributed by atoms with van der Waals surface area (Å²) in [6.45, 7) is 4.30. The first-order valence-electron chi connectivity index (χ1n) is 17.9. The van der Waals surface area contributed by atoms with E-state index in [9.17, 15) is 15.0 Å². The van der Waals surface area contributed by atoms with Crippen LogP contribution in [0.2, 0.25) is 0 Å². The Balaban J connectivity index is 3.61. The Labute approximate surface area is 250 Å². The number of aliphatic hydroxyl groups excluding tert-OH is 2. The minimum atomic E-state index is -0.831. The molecular formula is C36H71NO3. The molecule has 4 heteroatoms. The highest BCUT2D eigenvalue weighted by atomic mass is 16.3. The van der Waals surface area contributed by atoms with Crippen LogP contribution in [0.5, 0.6) is 0 Å². The molecule has 3 N–H and O–H groups in total. The summed E-state index contributed by atoms with van der Waals surface area (Å²) >= 11 is 0. The second-order valence-corrected chi connectivity index (χ2v) is 12.3. The van der Waals surface area contributed by atoms with Gasteiger partial charge in [-0.05, 0) is 19.3 Å². The van der Waals surface area contributed by atoms with Crippen LogP contribution in [-0.2, 0) is 4.79 Å². The van der Waals surface area contributed by atoms with E-state index in [0.29, 0.717) is 6.42 Å². The van der Waals surface area contributed by atoms with Crippen LogP contribution in [0.3, 0.4) is 0 Å². The van der Waals surface area contributed by atoms with Crippen LogP contribution in [0.25, 0.3) is 0 Å². The number of nitrogens with one attached hydrogen (secondary N) is 1. The molecule has 0 fully saturated rings. The van der Waals surface area contributed by atoms with E-state index in [4.69, 9.17) is 0 Å². The van der Waals surface area contributed by atoms with Gasteiger partial charge in [0.2, 0.25) is 5.91 Å². The third-order valence-electron chi connectivity index (χ3n) is 8.27. The monoisotopic (exact) mass is 566 g/mol. The minimum absolute atomic E-state index is 0.0638. The van der Waals surface area contributed by atoms with Crippen LogP contribution in [0.1, 0.15) is 194 Å². The third-order valence-corrected chi connectivity index (χ3v) is 8.27. The Hall–Kier alpha value is -0.870. The SMILES string of the molecule is CCCCCCCCCCCCCCC/C=C/C(O)C(CO)NC(=O)CCCCCCCCCCCCCCC. The fourth-order valence-electron chi connectivity index (χ4n) is 5.47. The highest BCUT2D eigenvalue weighted by Crippen LogP contribution is 2.14. The number of aliphatic hydroxyl groups is 2. The van der Waals surface area contributed by atoms with Gasteiger partial charge in [-0.1, -0.05) is 180 Å². The summed E-state index contributed by atoms with van der Waals surface area (Å²) in [6, 6.07) is -0.614. The second-order valence-electron chi connectivity index (χ2n) is 12.3.